The molecule has 222 valence electrons. The molecule has 0 unspecified atom stereocenters. The van der Waals surface area contributed by atoms with Crippen LogP contribution in [0, 0.1) is 93.4 Å². The zero-order valence-corrected chi connectivity index (χ0v) is 22.6. The SMILES string of the molecule is [C-]#[N+]c1c(F)c(F)c(C#N)c2nc3c4nc5c(C#N)c(F)c(F)c([N+]#[C-])c5nc4c4nc5c(C#N)c(F)c(F)c(C#N)c5nc4c3nc12. The molecule has 0 radical (unpaired) electrons. The van der Waals surface area contributed by atoms with Crippen molar-refractivity contribution in [3.05, 3.63) is 80.0 Å². The van der Waals surface area contributed by atoms with Gasteiger partial charge in [0.1, 0.15) is 102 Å². The third-order valence-corrected chi connectivity index (χ3v) is 7.30. The minimum Gasteiger partial charge on any atom is -0.253 e. The van der Waals surface area contributed by atoms with Gasteiger partial charge in [0.15, 0.2) is 34.9 Å². The number of hydrogen-bond donors (Lipinski definition) is 0. The predicted octanol–water partition coefficient (Wildman–Crippen LogP) is 6.40. The summed E-state index contributed by atoms with van der Waals surface area (Å²) in [5.74, 6) is -10.5. The number of aromatic nitrogens is 6. The molecule has 0 atom stereocenters. The number of halogens is 6. The van der Waals surface area contributed by atoms with Gasteiger partial charge in [0.05, 0.1) is 24.2 Å². The van der Waals surface area contributed by atoms with Crippen LogP contribution >= 0.6 is 0 Å². The topological polar surface area (TPSA) is 181 Å². The Morgan fingerprint density at radius 1 is 0.354 bits per heavy atom. The van der Waals surface area contributed by atoms with Gasteiger partial charge in [-0.2, -0.15) is 21.0 Å². The standard InChI is InChI=1S/C30F6N12/c1-41-21-15(35)13(33)9(5-39)19-23(21)47-29-25-26(44-18-8(4-38)12(32)11(31)7(3-37)17(18)43-25)30-28(27(29)45-19)46-20-10(6-40)14(34)16(36)22(42-2)24(20)48-30. The lowest BCUT2D eigenvalue weighted by Crippen LogP contribution is -2.05. The maximum atomic E-state index is 14.9. The maximum absolute atomic E-state index is 14.9. The van der Waals surface area contributed by atoms with Gasteiger partial charge in [-0.15, -0.1) is 0 Å². The van der Waals surface area contributed by atoms with E-state index in [4.69, 9.17) is 13.1 Å². The second-order valence-corrected chi connectivity index (χ2v) is 9.61. The highest BCUT2D eigenvalue weighted by Gasteiger charge is 2.30. The molecule has 12 nitrogen and oxygen atoms in total. The molecule has 18 heteroatoms. The van der Waals surface area contributed by atoms with Gasteiger partial charge >= 0.3 is 0 Å². The molecular weight excluding hydrogens is 642 g/mol. The second kappa shape index (κ2) is 9.85. The van der Waals surface area contributed by atoms with Crippen molar-refractivity contribution >= 4 is 77.6 Å². The fourth-order valence-corrected chi connectivity index (χ4v) is 5.21. The van der Waals surface area contributed by atoms with Crippen molar-refractivity contribution in [3.63, 3.8) is 0 Å². The van der Waals surface area contributed by atoms with E-state index < -0.39 is 135 Å². The summed E-state index contributed by atoms with van der Waals surface area (Å²) in [6.07, 6.45) is 0. The highest BCUT2D eigenvalue weighted by atomic mass is 19.2. The highest BCUT2D eigenvalue weighted by Crippen LogP contribution is 2.40. The maximum Gasteiger partial charge on any atom is 0.252 e. The van der Waals surface area contributed by atoms with E-state index in [1.807, 2.05) is 0 Å². The second-order valence-electron chi connectivity index (χ2n) is 9.61. The van der Waals surface area contributed by atoms with Crippen LogP contribution in [0.1, 0.15) is 22.3 Å². The largest absolute Gasteiger partial charge is 0.253 e. The normalized spacial score (nSPS) is 11.0. The van der Waals surface area contributed by atoms with Gasteiger partial charge in [0.2, 0.25) is 0 Å². The fourth-order valence-electron chi connectivity index (χ4n) is 5.21. The highest BCUT2D eigenvalue weighted by molar-refractivity contribution is 6.22. The number of nitriles is 4. The average Bonchev–Trinajstić information content (AvgIpc) is 3.09. The van der Waals surface area contributed by atoms with Gasteiger partial charge in [-0.3, -0.25) is 9.97 Å². The molecule has 0 saturated heterocycles. The molecule has 0 spiro atoms. The average molecular weight is 642 g/mol. The Morgan fingerprint density at radius 2 is 0.562 bits per heavy atom. The van der Waals surface area contributed by atoms with E-state index in [-0.39, 0.29) is 0 Å². The molecule has 7 aromatic rings. The lowest BCUT2D eigenvalue weighted by molar-refractivity contribution is 0.506. The summed E-state index contributed by atoms with van der Waals surface area (Å²) in [5.41, 5.74) is -13.1. The monoisotopic (exact) mass is 642 g/mol. The quantitative estimate of drug-likeness (QED) is 0.0777. The molecule has 0 amide bonds. The van der Waals surface area contributed by atoms with Crippen LogP contribution in [0.2, 0.25) is 0 Å². The van der Waals surface area contributed by atoms with E-state index in [1.54, 1.807) is 0 Å². The van der Waals surface area contributed by atoms with E-state index in [2.05, 4.69) is 39.6 Å². The van der Waals surface area contributed by atoms with Crippen molar-refractivity contribution < 1.29 is 26.3 Å². The minimum atomic E-state index is -1.75. The van der Waals surface area contributed by atoms with Gasteiger partial charge in [-0.05, 0) is 0 Å². The molecule has 7 rings (SSSR count). The summed E-state index contributed by atoms with van der Waals surface area (Å²) >= 11 is 0. The molecule has 3 heterocycles. The third kappa shape index (κ3) is 3.43. The van der Waals surface area contributed by atoms with Gasteiger partial charge < -0.3 is 0 Å². The van der Waals surface area contributed by atoms with Crippen molar-refractivity contribution in [2.75, 3.05) is 0 Å². The summed E-state index contributed by atoms with van der Waals surface area (Å²) in [6, 6.07) is 5.69. The van der Waals surface area contributed by atoms with Crippen LogP contribution in [0.3, 0.4) is 0 Å². The number of hydrogen-bond acceptors (Lipinski definition) is 10. The molecule has 0 fully saturated rings. The van der Waals surface area contributed by atoms with Gasteiger partial charge in [0.25, 0.3) is 11.4 Å². The lowest BCUT2D eigenvalue weighted by atomic mass is 10.1. The molecule has 0 saturated carbocycles. The van der Waals surface area contributed by atoms with Gasteiger partial charge in [-0.25, -0.2) is 56.0 Å². The molecule has 3 aromatic heterocycles. The van der Waals surface area contributed by atoms with E-state index in [1.165, 1.54) is 24.3 Å². The Kier molecular flexibility index (Phi) is 5.94. The lowest BCUT2D eigenvalue weighted by Gasteiger charge is -2.13. The van der Waals surface area contributed by atoms with Crippen molar-refractivity contribution in [2.45, 2.75) is 0 Å². The Morgan fingerprint density at radius 3 is 0.792 bits per heavy atom. The summed E-state index contributed by atoms with van der Waals surface area (Å²) in [5, 5.41) is 38.6. The summed E-state index contributed by atoms with van der Waals surface area (Å²) < 4.78 is 89.4. The smallest absolute Gasteiger partial charge is 0.252 e. The molecule has 0 aliphatic rings. The molecule has 0 aliphatic heterocycles. The minimum absolute atomic E-state index is 0.494. The zero-order chi connectivity index (χ0) is 34.3. The van der Waals surface area contributed by atoms with Crippen molar-refractivity contribution in [2.24, 2.45) is 0 Å². The molecule has 4 aromatic carbocycles. The molecule has 0 aliphatic carbocycles. The van der Waals surface area contributed by atoms with E-state index in [0.29, 0.717) is 0 Å². The van der Waals surface area contributed by atoms with Crippen LogP contribution in [0.15, 0.2) is 0 Å². The Labute approximate surface area is 259 Å². The first-order chi connectivity index (χ1) is 23.1. The van der Waals surface area contributed by atoms with E-state index in [0.717, 1.165) is 0 Å². The number of benzene rings is 4. The van der Waals surface area contributed by atoms with Crippen molar-refractivity contribution in [3.8, 4) is 24.3 Å². The Balaban J connectivity index is 1.90. The summed E-state index contributed by atoms with van der Waals surface area (Å²) in [7, 11) is 0. The van der Waals surface area contributed by atoms with Crippen LogP contribution in [-0.2, 0) is 0 Å². The first-order valence-electron chi connectivity index (χ1n) is 12.6. The van der Waals surface area contributed by atoms with E-state index in [9.17, 15) is 47.4 Å². The Bertz CT molecular complexity index is 2490. The third-order valence-electron chi connectivity index (χ3n) is 7.30. The summed E-state index contributed by atoms with van der Waals surface area (Å²) in [6.45, 7) is 14.8. The number of nitrogens with zero attached hydrogens (tertiary/aromatic N) is 12. The predicted molar refractivity (Wildman–Crippen MR) is 149 cm³/mol. The number of fused-ring (bicyclic) bond motifs is 9. The Hall–Kier alpha value is -7.80. The molecule has 0 N–H and O–H groups in total. The van der Waals surface area contributed by atoms with Crippen molar-refractivity contribution in [1.82, 2.24) is 29.9 Å². The number of rotatable bonds is 0. The molecule has 0 bridgehead atoms. The van der Waals surface area contributed by atoms with Crippen LogP contribution in [0.25, 0.3) is 75.9 Å². The van der Waals surface area contributed by atoms with Crippen LogP contribution in [0.4, 0.5) is 37.7 Å². The molecular formula is C30F6N12. The first kappa shape index (κ1) is 28.9. The van der Waals surface area contributed by atoms with Crippen LogP contribution < -0.4 is 0 Å². The van der Waals surface area contributed by atoms with Gasteiger partial charge in [-0.1, -0.05) is 0 Å². The molecule has 48 heavy (non-hydrogen) atoms. The van der Waals surface area contributed by atoms with Crippen molar-refractivity contribution in [1.29, 1.82) is 21.0 Å². The van der Waals surface area contributed by atoms with Crippen LogP contribution in [0.5, 0.6) is 0 Å². The zero-order valence-electron chi connectivity index (χ0n) is 22.6. The van der Waals surface area contributed by atoms with Gasteiger partial charge in [0, 0.05) is 0 Å². The van der Waals surface area contributed by atoms with E-state index >= 15 is 0 Å². The summed E-state index contributed by atoms with van der Waals surface area (Å²) in [4.78, 5) is 31.1. The fraction of sp³-hybridized carbons (Fsp3) is 0. The van der Waals surface area contributed by atoms with Crippen LogP contribution in [-0.4, -0.2) is 29.9 Å². The first-order valence-corrected chi connectivity index (χ1v) is 12.6.